The zero-order valence-electron chi connectivity index (χ0n) is 13.0. The molecule has 2 aromatic carbocycles. The van der Waals surface area contributed by atoms with Gasteiger partial charge in [0, 0.05) is 11.6 Å². The molecule has 0 saturated heterocycles. The molecule has 1 aliphatic rings. The van der Waals surface area contributed by atoms with Crippen LogP contribution in [0.5, 0.6) is 0 Å². The topological polar surface area (TPSA) is 34.4 Å². The number of fused-ring (bicyclic) bond motifs is 1. The van der Waals surface area contributed by atoms with Gasteiger partial charge in [-0.2, -0.15) is 4.99 Å². The molecule has 0 spiro atoms. The molecule has 1 heterocycles. The van der Waals surface area contributed by atoms with Crippen molar-refractivity contribution in [3.05, 3.63) is 64.5 Å². The van der Waals surface area contributed by atoms with Crippen molar-refractivity contribution in [2.45, 2.75) is 32.2 Å². The van der Waals surface area contributed by atoms with Crippen molar-refractivity contribution in [2.24, 2.45) is 4.99 Å². The van der Waals surface area contributed by atoms with Crippen molar-refractivity contribution in [3.8, 4) is 0 Å². The highest BCUT2D eigenvalue weighted by Crippen LogP contribution is 2.34. The first kappa shape index (κ1) is 14.4. The van der Waals surface area contributed by atoms with E-state index >= 15 is 0 Å². The number of thiazole rings is 1. The van der Waals surface area contributed by atoms with Crippen molar-refractivity contribution < 1.29 is 4.79 Å². The zero-order valence-corrected chi connectivity index (χ0v) is 13.8. The van der Waals surface area contributed by atoms with Crippen LogP contribution in [0.25, 0.3) is 10.2 Å². The molecule has 0 bridgehead atoms. The molecule has 1 saturated carbocycles. The number of benzene rings is 2. The second-order valence-corrected chi connectivity index (χ2v) is 7.10. The van der Waals surface area contributed by atoms with Gasteiger partial charge in [-0.1, -0.05) is 41.2 Å². The predicted octanol–water partition coefficient (Wildman–Crippen LogP) is 4.48. The third kappa shape index (κ3) is 2.63. The smallest absolute Gasteiger partial charge is 0.279 e. The summed E-state index contributed by atoms with van der Waals surface area (Å²) in [4.78, 5) is 17.8. The van der Waals surface area contributed by atoms with Gasteiger partial charge in [-0.25, -0.2) is 0 Å². The third-order valence-electron chi connectivity index (χ3n) is 4.47. The van der Waals surface area contributed by atoms with Gasteiger partial charge >= 0.3 is 0 Å². The lowest BCUT2D eigenvalue weighted by atomic mass is 9.93. The fourth-order valence-electron chi connectivity index (χ4n) is 2.92. The fourth-order valence-corrected chi connectivity index (χ4v) is 4.00. The summed E-state index contributed by atoms with van der Waals surface area (Å²) >= 11 is 1.60. The van der Waals surface area contributed by atoms with E-state index in [1.807, 2.05) is 37.3 Å². The largest absolute Gasteiger partial charge is 0.313 e. The van der Waals surface area contributed by atoms with Gasteiger partial charge in [-0.05, 0) is 50.5 Å². The quantitative estimate of drug-likeness (QED) is 0.685. The van der Waals surface area contributed by atoms with Crippen LogP contribution in [0, 0.1) is 6.92 Å². The van der Waals surface area contributed by atoms with Crippen LogP contribution in [0.3, 0.4) is 0 Å². The Morgan fingerprint density at radius 1 is 1.13 bits per heavy atom. The van der Waals surface area contributed by atoms with Crippen LogP contribution in [0.15, 0.2) is 53.5 Å². The Bertz CT molecular complexity index is 930. The summed E-state index contributed by atoms with van der Waals surface area (Å²) in [5, 5.41) is 0. The number of amides is 1. The number of aromatic nitrogens is 1. The lowest BCUT2D eigenvalue weighted by molar-refractivity contribution is 0.0997. The number of nitrogens with zero attached hydrogens (tertiary/aromatic N) is 2. The Morgan fingerprint density at radius 3 is 2.57 bits per heavy atom. The van der Waals surface area contributed by atoms with E-state index in [-0.39, 0.29) is 5.91 Å². The highest BCUT2D eigenvalue weighted by atomic mass is 32.1. The summed E-state index contributed by atoms with van der Waals surface area (Å²) in [5.41, 5.74) is 2.99. The van der Waals surface area contributed by atoms with Gasteiger partial charge < -0.3 is 4.57 Å². The highest BCUT2D eigenvalue weighted by molar-refractivity contribution is 7.16. The van der Waals surface area contributed by atoms with E-state index in [9.17, 15) is 4.79 Å². The van der Waals surface area contributed by atoms with Crippen molar-refractivity contribution in [3.63, 3.8) is 0 Å². The average Bonchev–Trinajstić information content (AvgIpc) is 2.85. The van der Waals surface area contributed by atoms with Crippen molar-refractivity contribution in [1.82, 2.24) is 4.57 Å². The summed E-state index contributed by atoms with van der Waals surface area (Å²) < 4.78 is 3.45. The Labute approximate surface area is 138 Å². The molecule has 0 N–H and O–H groups in total. The van der Waals surface area contributed by atoms with Crippen molar-refractivity contribution in [1.29, 1.82) is 0 Å². The van der Waals surface area contributed by atoms with E-state index in [4.69, 9.17) is 0 Å². The molecule has 23 heavy (non-hydrogen) atoms. The maximum Gasteiger partial charge on any atom is 0.279 e. The maximum absolute atomic E-state index is 12.5. The lowest BCUT2D eigenvalue weighted by Gasteiger charge is -2.27. The van der Waals surface area contributed by atoms with Gasteiger partial charge in [0.1, 0.15) is 0 Å². The van der Waals surface area contributed by atoms with Crippen LogP contribution in [-0.2, 0) is 0 Å². The molecular formula is C19H18N2OS. The monoisotopic (exact) mass is 322 g/mol. The normalized spacial score (nSPS) is 15.8. The van der Waals surface area contributed by atoms with E-state index < -0.39 is 0 Å². The molecule has 0 unspecified atom stereocenters. The SMILES string of the molecule is Cc1ccc(C(=O)N=c2sc3ccccc3n2C2CCC2)cc1. The van der Waals surface area contributed by atoms with E-state index in [1.54, 1.807) is 11.3 Å². The summed E-state index contributed by atoms with van der Waals surface area (Å²) in [7, 11) is 0. The second-order valence-electron chi connectivity index (χ2n) is 6.09. The first-order valence-electron chi connectivity index (χ1n) is 7.98. The van der Waals surface area contributed by atoms with Crippen LogP contribution in [-0.4, -0.2) is 10.5 Å². The minimum absolute atomic E-state index is 0.162. The molecule has 1 fully saturated rings. The average molecular weight is 322 g/mol. The summed E-state index contributed by atoms with van der Waals surface area (Å²) in [5.74, 6) is -0.162. The zero-order chi connectivity index (χ0) is 15.8. The molecule has 3 nitrogen and oxygen atoms in total. The Balaban J connectivity index is 1.84. The molecule has 3 aromatic rings. The van der Waals surface area contributed by atoms with Gasteiger partial charge in [-0.3, -0.25) is 4.79 Å². The molecule has 1 aliphatic carbocycles. The molecule has 1 aromatic heterocycles. The molecular weight excluding hydrogens is 304 g/mol. The minimum Gasteiger partial charge on any atom is -0.313 e. The van der Waals surface area contributed by atoms with Crippen LogP contribution in [0.2, 0.25) is 0 Å². The molecule has 116 valence electrons. The minimum atomic E-state index is -0.162. The third-order valence-corrected chi connectivity index (χ3v) is 5.50. The number of para-hydroxylation sites is 1. The maximum atomic E-state index is 12.5. The molecule has 0 atom stereocenters. The van der Waals surface area contributed by atoms with Gasteiger partial charge in [0.25, 0.3) is 5.91 Å². The summed E-state index contributed by atoms with van der Waals surface area (Å²) in [6, 6.07) is 16.4. The molecule has 0 aliphatic heterocycles. The number of carbonyl (C=O) groups is 1. The fraction of sp³-hybridized carbons (Fsp3) is 0.263. The van der Waals surface area contributed by atoms with E-state index in [0.29, 0.717) is 11.6 Å². The van der Waals surface area contributed by atoms with Crippen LogP contribution in [0.1, 0.15) is 41.2 Å². The van der Waals surface area contributed by atoms with E-state index in [2.05, 4.69) is 27.8 Å². The van der Waals surface area contributed by atoms with Crippen LogP contribution >= 0.6 is 11.3 Å². The number of carbonyl (C=O) groups excluding carboxylic acids is 1. The Kier molecular flexibility index (Phi) is 3.62. The highest BCUT2D eigenvalue weighted by Gasteiger charge is 2.23. The molecule has 4 rings (SSSR count). The number of rotatable bonds is 2. The van der Waals surface area contributed by atoms with Gasteiger partial charge in [0.15, 0.2) is 4.80 Å². The number of hydrogen-bond acceptors (Lipinski definition) is 2. The summed E-state index contributed by atoms with van der Waals surface area (Å²) in [6.07, 6.45) is 3.60. The standard InChI is InChI=1S/C19H18N2OS/c1-13-9-11-14(12-10-13)18(22)20-19-21(15-5-4-6-15)16-7-2-3-8-17(16)23-19/h2-3,7-12,15H,4-6H2,1H3. The van der Waals surface area contributed by atoms with E-state index in [0.717, 1.165) is 10.4 Å². The molecule has 1 amide bonds. The van der Waals surface area contributed by atoms with Crippen LogP contribution < -0.4 is 4.80 Å². The van der Waals surface area contributed by atoms with Gasteiger partial charge in [0.2, 0.25) is 0 Å². The molecule has 0 radical (unpaired) electrons. The van der Waals surface area contributed by atoms with Gasteiger partial charge in [-0.15, -0.1) is 0 Å². The second kappa shape index (κ2) is 5.78. The summed E-state index contributed by atoms with van der Waals surface area (Å²) in [6.45, 7) is 2.02. The predicted molar refractivity (Wildman–Crippen MR) is 93.8 cm³/mol. The Morgan fingerprint density at radius 2 is 1.87 bits per heavy atom. The Hall–Kier alpha value is -2.20. The van der Waals surface area contributed by atoms with Gasteiger partial charge in [0.05, 0.1) is 10.2 Å². The van der Waals surface area contributed by atoms with E-state index in [1.165, 1.54) is 29.5 Å². The lowest BCUT2D eigenvalue weighted by Crippen LogP contribution is -2.26. The van der Waals surface area contributed by atoms with Crippen molar-refractivity contribution >= 4 is 27.5 Å². The number of hydrogen-bond donors (Lipinski definition) is 0. The van der Waals surface area contributed by atoms with Crippen molar-refractivity contribution in [2.75, 3.05) is 0 Å². The first-order valence-corrected chi connectivity index (χ1v) is 8.80. The first-order chi connectivity index (χ1) is 11.2. The molecule has 4 heteroatoms. The van der Waals surface area contributed by atoms with Crippen LogP contribution in [0.4, 0.5) is 0 Å². The number of aryl methyl sites for hydroxylation is 1.